The number of rotatable bonds is 2. The molecule has 3 rings (SSSR count). The van der Waals surface area contributed by atoms with E-state index in [4.69, 9.17) is 4.52 Å². The largest absolute Gasteiger partial charge is 0.507 e. The second-order valence-electron chi connectivity index (χ2n) is 4.55. The molecular weight excluding hydrogens is 447 g/mol. The lowest BCUT2D eigenvalue weighted by Crippen LogP contribution is -1.84. The van der Waals surface area contributed by atoms with Crippen LogP contribution in [0.1, 0.15) is 5.56 Å². The molecule has 4 nitrogen and oxygen atoms in total. The van der Waals surface area contributed by atoms with Gasteiger partial charge in [-0.1, -0.05) is 33.2 Å². The van der Waals surface area contributed by atoms with E-state index in [-0.39, 0.29) is 5.75 Å². The number of hydrogen-bond acceptors (Lipinski definition) is 4. The number of aryl methyl sites for hydroxylation is 1. The summed E-state index contributed by atoms with van der Waals surface area (Å²) in [6.45, 7) is 2.02. The minimum atomic E-state index is 0.200. The minimum absolute atomic E-state index is 0.200. The lowest BCUT2D eigenvalue weighted by molar-refractivity contribution is 0.431. The van der Waals surface area contributed by atoms with Gasteiger partial charge in [-0.3, -0.25) is 0 Å². The van der Waals surface area contributed by atoms with Gasteiger partial charge >= 0.3 is 0 Å². The van der Waals surface area contributed by atoms with Crippen molar-refractivity contribution in [3.8, 4) is 28.6 Å². The summed E-state index contributed by atoms with van der Waals surface area (Å²) >= 11 is 5.55. The van der Waals surface area contributed by atoms with Crippen molar-refractivity contribution in [2.45, 2.75) is 6.92 Å². The summed E-state index contributed by atoms with van der Waals surface area (Å²) in [6.07, 6.45) is 0. The highest BCUT2D eigenvalue weighted by molar-refractivity contribution is 14.1. The average molecular weight is 457 g/mol. The number of nitrogens with zero attached hydrogens (tertiary/aromatic N) is 2. The monoisotopic (exact) mass is 456 g/mol. The van der Waals surface area contributed by atoms with Gasteiger partial charge in [-0.15, -0.1) is 0 Å². The maximum atomic E-state index is 9.75. The maximum Gasteiger partial charge on any atom is 0.258 e. The molecule has 0 spiro atoms. The van der Waals surface area contributed by atoms with Gasteiger partial charge in [0.2, 0.25) is 5.82 Å². The molecule has 0 atom stereocenters. The summed E-state index contributed by atoms with van der Waals surface area (Å²) in [4.78, 5) is 4.38. The van der Waals surface area contributed by atoms with E-state index in [1.807, 2.05) is 31.2 Å². The zero-order valence-electron chi connectivity index (χ0n) is 11.0. The third-order valence-electron chi connectivity index (χ3n) is 3.05. The molecule has 6 heteroatoms. The number of benzene rings is 2. The molecule has 0 radical (unpaired) electrons. The Morgan fingerprint density at radius 1 is 1.14 bits per heavy atom. The Labute approximate surface area is 143 Å². The Morgan fingerprint density at radius 3 is 2.62 bits per heavy atom. The van der Waals surface area contributed by atoms with Gasteiger partial charge in [-0.2, -0.15) is 4.98 Å². The van der Waals surface area contributed by atoms with Crippen LogP contribution in [0.15, 0.2) is 45.4 Å². The predicted octanol–water partition coefficient (Wildman–Crippen LogP) is 4.78. The van der Waals surface area contributed by atoms with E-state index in [9.17, 15) is 5.11 Å². The van der Waals surface area contributed by atoms with E-state index in [1.165, 1.54) is 0 Å². The first-order valence-corrected chi connectivity index (χ1v) is 8.01. The standard InChI is InChI=1S/C15H10BrIN2O2/c1-8-2-3-9(6-11(8)16)14-18-15(21-19-14)10-4-5-12(17)13(20)7-10/h2-7,20H,1H3. The Hall–Kier alpha value is -1.41. The molecule has 0 bridgehead atoms. The average Bonchev–Trinajstić information content (AvgIpc) is 2.94. The van der Waals surface area contributed by atoms with Gasteiger partial charge in [-0.05, 0) is 59.3 Å². The van der Waals surface area contributed by atoms with Crippen molar-refractivity contribution >= 4 is 38.5 Å². The molecule has 21 heavy (non-hydrogen) atoms. The summed E-state index contributed by atoms with van der Waals surface area (Å²) in [7, 11) is 0. The van der Waals surface area contributed by atoms with Gasteiger partial charge in [0.1, 0.15) is 5.75 Å². The van der Waals surface area contributed by atoms with Crippen LogP contribution in [0.5, 0.6) is 5.75 Å². The first-order chi connectivity index (χ1) is 10.0. The first kappa shape index (κ1) is 14.5. The second-order valence-corrected chi connectivity index (χ2v) is 6.57. The molecule has 0 aliphatic heterocycles. The van der Waals surface area contributed by atoms with Crippen LogP contribution in [0, 0.1) is 10.5 Å². The molecule has 0 fully saturated rings. The minimum Gasteiger partial charge on any atom is -0.507 e. The maximum absolute atomic E-state index is 9.75. The normalized spacial score (nSPS) is 10.8. The number of aromatic nitrogens is 2. The zero-order chi connectivity index (χ0) is 15.0. The Kier molecular flexibility index (Phi) is 3.99. The van der Waals surface area contributed by atoms with Crippen LogP contribution in [0.4, 0.5) is 0 Å². The van der Waals surface area contributed by atoms with Crippen molar-refractivity contribution in [1.82, 2.24) is 10.1 Å². The van der Waals surface area contributed by atoms with Gasteiger partial charge < -0.3 is 9.63 Å². The summed E-state index contributed by atoms with van der Waals surface area (Å²) in [5.41, 5.74) is 2.71. The molecule has 1 aromatic heterocycles. The Morgan fingerprint density at radius 2 is 1.90 bits per heavy atom. The fourth-order valence-electron chi connectivity index (χ4n) is 1.84. The lowest BCUT2D eigenvalue weighted by Gasteiger charge is -1.99. The highest BCUT2D eigenvalue weighted by Crippen LogP contribution is 2.29. The van der Waals surface area contributed by atoms with Gasteiger partial charge in [0.15, 0.2) is 0 Å². The molecule has 0 aliphatic carbocycles. The Balaban J connectivity index is 1.99. The van der Waals surface area contributed by atoms with Crippen LogP contribution in [0.25, 0.3) is 22.8 Å². The van der Waals surface area contributed by atoms with Crippen molar-refractivity contribution in [1.29, 1.82) is 0 Å². The van der Waals surface area contributed by atoms with E-state index >= 15 is 0 Å². The number of phenols is 1. The number of phenolic OH excluding ortho intramolecular Hbond substituents is 1. The molecule has 3 aromatic rings. The van der Waals surface area contributed by atoms with E-state index in [1.54, 1.807) is 12.1 Å². The molecule has 0 saturated carbocycles. The van der Waals surface area contributed by atoms with E-state index < -0.39 is 0 Å². The van der Waals surface area contributed by atoms with E-state index in [0.717, 1.165) is 19.2 Å². The molecular formula is C15H10BrIN2O2. The van der Waals surface area contributed by atoms with Crippen LogP contribution in [-0.2, 0) is 0 Å². The molecule has 2 aromatic carbocycles. The fraction of sp³-hybridized carbons (Fsp3) is 0.0667. The topological polar surface area (TPSA) is 59.2 Å². The third kappa shape index (κ3) is 2.96. The SMILES string of the molecule is Cc1ccc(-c2noc(-c3ccc(I)c(O)c3)n2)cc1Br. The summed E-state index contributed by atoms with van der Waals surface area (Å²) in [6, 6.07) is 11.1. The van der Waals surface area contributed by atoms with Crippen molar-refractivity contribution in [2.75, 3.05) is 0 Å². The fourth-order valence-corrected chi connectivity index (χ4v) is 2.55. The smallest absolute Gasteiger partial charge is 0.258 e. The van der Waals surface area contributed by atoms with Crippen molar-refractivity contribution in [3.05, 3.63) is 50.0 Å². The van der Waals surface area contributed by atoms with Gasteiger partial charge in [0.25, 0.3) is 5.89 Å². The molecule has 1 N–H and O–H groups in total. The number of hydrogen-bond donors (Lipinski definition) is 1. The van der Waals surface area contributed by atoms with Crippen LogP contribution < -0.4 is 0 Å². The quantitative estimate of drug-likeness (QED) is 0.563. The molecule has 0 saturated heterocycles. The zero-order valence-corrected chi connectivity index (χ0v) is 14.7. The Bertz CT molecular complexity index is 751. The predicted molar refractivity (Wildman–Crippen MR) is 92.0 cm³/mol. The third-order valence-corrected chi connectivity index (χ3v) is 4.82. The first-order valence-electron chi connectivity index (χ1n) is 6.14. The van der Waals surface area contributed by atoms with Crippen LogP contribution in [0.3, 0.4) is 0 Å². The number of aromatic hydroxyl groups is 1. The van der Waals surface area contributed by atoms with Crippen molar-refractivity contribution < 1.29 is 9.63 Å². The molecule has 0 unspecified atom stereocenters. The van der Waals surface area contributed by atoms with Crippen LogP contribution >= 0.6 is 38.5 Å². The molecule has 0 amide bonds. The second kappa shape index (κ2) is 5.76. The summed E-state index contributed by atoms with van der Waals surface area (Å²) in [5, 5.41) is 13.7. The number of halogens is 2. The van der Waals surface area contributed by atoms with E-state index in [2.05, 4.69) is 48.7 Å². The highest BCUT2D eigenvalue weighted by Gasteiger charge is 2.12. The van der Waals surface area contributed by atoms with Crippen molar-refractivity contribution in [2.24, 2.45) is 0 Å². The highest BCUT2D eigenvalue weighted by atomic mass is 127. The summed E-state index contributed by atoms with van der Waals surface area (Å²) in [5.74, 6) is 1.10. The van der Waals surface area contributed by atoms with Gasteiger partial charge in [0.05, 0.1) is 3.57 Å². The van der Waals surface area contributed by atoms with Gasteiger partial charge in [0, 0.05) is 15.6 Å². The lowest BCUT2D eigenvalue weighted by atomic mass is 10.1. The van der Waals surface area contributed by atoms with Crippen LogP contribution in [0.2, 0.25) is 0 Å². The molecule has 1 heterocycles. The molecule has 106 valence electrons. The van der Waals surface area contributed by atoms with Gasteiger partial charge in [-0.25, -0.2) is 0 Å². The van der Waals surface area contributed by atoms with Crippen molar-refractivity contribution in [3.63, 3.8) is 0 Å². The summed E-state index contributed by atoms with van der Waals surface area (Å²) < 4.78 is 7.05. The van der Waals surface area contributed by atoms with E-state index in [0.29, 0.717) is 17.3 Å². The van der Waals surface area contributed by atoms with Crippen LogP contribution in [-0.4, -0.2) is 15.2 Å². The molecule has 0 aliphatic rings.